The molecule has 5 aromatic carbocycles. The third-order valence-corrected chi connectivity index (χ3v) is 20.2. The molecule has 0 spiro atoms. The number of anilines is 3. The van der Waals surface area contributed by atoms with Crippen LogP contribution in [0.25, 0.3) is 21.5 Å². The molecule has 0 saturated heterocycles. The van der Waals surface area contributed by atoms with Gasteiger partial charge in [0.1, 0.15) is 30.2 Å². The number of carbonyl (C=O) groups excluding carboxylic acids is 8. The molecule has 592 valence electrons. The molecule has 0 aliphatic carbocycles. The number of nitrogens with two attached hydrogens (primary N) is 1. The van der Waals surface area contributed by atoms with Crippen LogP contribution in [-0.4, -0.2) is 229 Å². The monoisotopic (exact) mass is 1650 g/mol. The van der Waals surface area contributed by atoms with Gasteiger partial charge in [-0.15, -0.1) is 34.5 Å². The quantitative estimate of drug-likeness (QED) is 0.0101. The van der Waals surface area contributed by atoms with Crippen LogP contribution < -0.4 is 51.4 Å². The number of ether oxygens (including phenoxy) is 8. The Bertz CT molecular complexity index is 4160. The summed E-state index contributed by atoms with van der Waals surface area (Å²) in [5.41, 5.74) is 9.00. The van der Waals surface area contributed by atoms with Crippen molar-refractivity contribution in [2.75, 3.05) is 165 Å². The van der Waals surface area contributed by atoms with Crippen molar-refractivity contribution in [1.82, 2.24) is 31.1 Å². The smallest absolute Gasteiger partial charge is 0.445 e. The van der Waals surface area contributed by atoms with Gasteiger partial charge in [0.15, 0.2) is 0 Å². The molecule has 0 bridgehead atoms. The van der Waals surface area contributed by atoms with Crippen LogP contribution in [0.3, 0.4) is 0 Å². The van der Waals surface area contributed by atoms with Crippen molar-refractivity contribution in [3.05, 3.63) is 136 Å². The van der Waals surface area contributed by atoms with Crippen molar-refractivity contribution >= 4 is 145 Å². The van der Waals surface area contributed by atoms with E-state index in [-0.39, 0.29) is 133 Å². The molecule has 4 unspecified atom stereocenters. The van der Waals surface area contributed by atoms with E-state index in [0.29, 0.717) is 123 Å². The van der Waals surface area contributed by atoms with Crippen molar-refractivity contribution in [2.24, 2.45) is 11.7 Å². The number of phosphoric acid groups is 1. The minimum atomic E-state index is -5.01. The fourth-order valence-corrected chi connectivity index (χ4v) is 14.0. The second-order valence-corrected chi connectivity index (χ2v) is 29.2. The third-order valence-electron chi connectivity index (χ3n) is 17.5. The van der Waals surface area contributed by atoms with E-state index in [1.165, 1.54) is 34.9 Å². The average molecular weight is 1660 g/mol. The Morgan fingerprint density at radius 1 is 0.633 bits per heavy atom. The highest BCUT2D eigenvalue weighted by atomic mass is 79.9. The van der Waals surface area contributed by atoms with Gasteiger partial charge in [-0.05, 0) is 70.5 Å². The first-order chi connectivity index (χ1) is 52.4. The lowest BCUT2D eigenvalue weighted by Crippen LogP contribution is -2.54. The van der Waals surface area contributed by atoms with E-state index in [9.17, 15) is 52.7 Å². The van der Waals surface area contributed by atoms with Crippen LogP contribution in [0.15, 0.2) is 109 Å². The lowest BCUT2D eigenvalue weighted by molar-refractivity contribution is -0.132. The van der Waals surface area contributed by atoms with Crippen LogP contribution >= 0.6 is 58.3 Å². The lowest BCUT2D eigenvalue weighted by Gasteiger charge is -2.25. The van der Waals surface area contributed by atoms with Gasteiger partial charge in [-0.2, -0.15) is 0 Å². The Hall–Kier alpha value is -8.21. The third kappa shape index (κ3) is 25.7. The summed E-state index contributed by atoms with van der Waals surface area (Å²) >= 11 is 17.2. The molecule has 8 rings (SSSR count). The van der Waals surface area contributed by atoms with E-state index in [4.69, 9.17) is 71.4 Å². The Morgan fingerprint density at radius 3 is 1.61 bits per heavy atom. The summed E-state index contributed by atoms with van der Waals surface area (Å²) in [6.07, 6.45) is -0.864. The standard InChI is InChI=1S/C74H94BrCl2N10O20PS/c1-47(2)68(83-64(88)22-27-99-29-31-101-33-35-103-37-38-104-36-34-102-32-30-100-28-24-80-65(89)41-75)70(91)82-57(15-10-23-79-48(3)78)69(90)81-52-18-16-49(17-19-52)46-105-73(94)84(4)25-26-85(5)74(95)106-60-39-58-66(55-13-8-6-11-53(55)60)50(42-76)44-86(58)71(92)62-20-21-63(109-62)72(93)87-45-51(43-77)67-56-14-9-7-12-54(56)61(40-59(67)87)107-108(96,97)98/h6-9,11-14,16-21,39-40,47,50-51,57,68,79H,3,10,15,22-38,41-46,78H2,1-2,4-5H3,(H,80,89)(H,81,90)(H,82,91)(H,83,88)(H2,96,97,98). The van der Waals surface area contributed by atoms with Crippen molar-refractivity contribution < 1.29 is 95.1 Å². The van der Waals surface area contributed by atoms with Gasteiger partial charge in [0, 0.05) is 112 Å². The fourth-order valence-electron chi connectivity index (χ4n) is 12.0. The number of phosphoric ester groups is 1. The van der Waals surface area contributed by atoms with E-state index in [1.807, 2.05) is 12.1 Å². The molecule has 2 aliphatic rings. The summed E-state index contributed by atoms with van der Waals surface area (Å²) in [4.78, 5) is 134. The first-order valence-electron chi connectivity index (χ1n) is 35.4. The van der Waals surface area contributed by atoms with E-state index in [0.717, 1.165) is 22.5 Å². The molecule has 3 heterocycles. The topological polar surface area (TPSA) is 376 Å². The molecule has 0 radical (unpaired) electrons. The minimum Gasteiger partial charge on any atom is -0.445 e. The minimum absolute atomic E-state index is 0.0221. The van der Waals surface area contributed by atoms with Crippen LogP contribution in [0.2, 0.25) is 0 Å². The summed E-state index contributed by atoms with van der Waals surface area (Å²) in [5, 5.41) is 16.7. The molecule has 9 N–H and O–H groups in total. The van der Waals surface area contributed by atoms with Gasteiger partial charge in [-0.1, -0.05) is 97.0 Å². The SMILES string of the molecule is C=C(N)NCCCC(NC(=O)C(NC(=O)CCOCCOCCOCCOCCOCCOCCNC(=O)CBr)C(C)C)C(=O)Nc1ccc(COC(=O)N(C)CCN(C)C(=O)Oc2cc3c(c4ccccc24)C(CCl)CN3C(=O)c2ccc(C(=O)N3CC(CCl)c4c3cc(OP(=O)(O)O)c3ccccc43)s2)cc1. The number of alkyl halides is 3. The Morgan fingerprint density at radius 2 is 1.12 bits per heavy atom. The number of carbonyl (C=O) groups is 8. The normalized spacial score (nSPS) is 14.4. The van der Waals surface area contributed by atoms with E-state index < -0.39 is 61.6 Å². The van der Waals surface area contributed by atoms with Crippen molar-refractivity contribution in [1.29, 1.82) is 0 Å². The summed E-state index contributed by atoms with van der Waals surface area (Å²) < 4.78 is 61.9. The highest BCUT2D eigenvalue weighted by molar-refractivity contribution is 9.09. The van der Waals surface area contributed by atoms with E-state index in [2.05, 4.69) is 49.1 Å². The van der Waals surface area contributed by atoms with Crippen LogP contribution in [0.1, 0.15) is 81.0 Å². The number of nitrogens with one attached hydrogen (secondary N) is 5. The van der Waals surface area contributed by atoms with Crippen LogP contribution in [0.4, 0.5) is 26.7 Å². The first-order valence-corrected chi connectivity index (χ1v) is 39.9. The van der Waals surface area contributed by atoms with Gasteiger partial charge in [0.25, 0.3) is 11.8 Å². The first kappa shape index (κ1) is 86.4. The highest BCUT2D eigenvalue weighted by Crippen LogP contribution is 2.50. The van der Waals surface area contributed by atoms with Crippen LogP contribution in [0.5, 0.6) is 11.5 Å². The predicted molar refractivity (Wildman–Crippen MR) is 417 cm³/mol. The summed E-state index contributed by atoms with van der Waals surface area (Å²) in [6, 6.07) is 24.9. The molecular weight excluding hydrogens is 1560 g/mol. The molecule has 30 nitrogen and oxygen atoms in total. The molecular formula is C74H94BrCl2N10O20PS. The Labute approximate surface area is 654 Å². The van der Waals surface area contributed by atoms with Crippen LogP contribution in [0, 0.1) is 5.92 Å². The maximum absolute atomic E-state index is 14.7. The molecule has 0 saturated carbocycles. The molecule has 35 heteroatoms. The predicted octanol–water partition coefficient (Wildman–Crippen LogP) is 8.56. The number of fused-ring (bicyclic) bond motifs is 6. The fraction of sp³-hybridized carbons (Fsp3) is 0.459. The van der Waals surface area contributed by atoms with E-state index >= 15 is 0 Å². The largest absolute Gasteiger partial charge is 0.524 e. The van der Waals surface area contributed by atoms with Gasteiger partial charge >= 0.3 is 20.0 Å². The van der Waals surface area contributed by atoms with Crippen molar-refractivity contribution in [3.8, 4) is 11.5 Å². The molecule has 8 amide bonds. The highest BCUT2D eigenvalue weighted by Gasteiger charge is 2.40. The maximum Gasteiger partial charge on any atom is 0.524 e. The lowest BCUT2D eigenvalue weighted by atomic mass is 9.95. The summed E-state index contributed by atoms with van der Waals surface area (Å²) in [7, 11) is -1.99. The number of amides is 8. The van der Waals surface area contributed by atoms with Gasteiger partial charge in [-0.25, -0.2) is 14.2 Å². The zero-order valence-electron chi connectivity index (χ0n) is 61.1. The zero-order chi connectivity index (χ0) is 78.6. The maximum atomic E-state index is 14.7. The van der Waals surface area contributed by atoms with Gasteiger partial charge in [0.05, 0.1) is 112 Å². The number of hydrogen-bond acceptors (Lipinski definition) is 21. The Kier molecular flexibility index (Phi) is 34.4. The number of benzene rings is 5. The second kappa shape index (κ2) is 43.4. The molecule has 1 aromatic heterocycles. The summed E-state index contributed by atoms with van der Waals surface area (Å²) in [6.45, 7) is 12.4. The second-order valence-electron chi connectivity index (χ2n) is 25.8. The number of nitrogens with zero attached hydrogens (tertiary/aromatic N) is 4. The number of likely N-dealkylation sites (N-methyl/N-ethyl adjacent to an activating group) is 2. The zero-order valence-corrected chi connectivity index (χ0v) is 65.9. The number of halogens is 3. The number of rotatable bonds is 45. The van der Waals surface area contributed by atoms with Gasteiger partial charge in [-0.3, -0.25) is 38.6 Å². The van der Waals surface area contributed by atoms with E-state index in [1.54, 1.807) is 97.6 Å². The molecule has 4 atom stereocenters. The molecule has 2 aliphatic heterocycles. The average Bonchev–Trinajstić information content (AvgIpc) is 1.62. The van der Waals surface area contributed by atoms with Crippen molar-refractivity contribution in [3.63, 3.8) is 0 Å². The van der Waals surface area contributed by atoms with Crippen LogP contribution in [-0.2, 0) is 63.5 Å². The molecule has 0 fully saturated rings. The number of thiophene rings is 1. The van der Waals surface area contributed by atoms with Gasteiger partial charge < -0.3 is 94.3 Å². The van der Waals surface area contributed by atoms with Crippen molar-refractivity contribution in [2.45, 2.75) is 63.6 Å². The molecule has 109 heavy (non-hydrogen) atoms. The molecule has 6 aromatic rings. The number of hydrogen-bond donors (Lipinski definition) is 8. The Balaban J connectivity index is 0.764. The van der Waals surface area contributed by atoms with Gasteiger partial charge in [0.2, 0.25) is 23.6 Å². The summed E-state index contributed by atoms with van der Waals surface area (Å²) in [5.74, 6) is -2.91.